The van der Waals surface area contributed by atoms with E-state index in [2.05, 4.69) is 30.0 Å². The maximum atomic E-state index is 13.0. The molecule has 0 aliphatic carbocycles. The molecule has 114 valence electrons. The van der Waals surface area contributed by atoms with E-state index in [0.717, 1.165) is 37.4 Å². The molecule has 2 atom stereocenters. The second-order valence-corrected chi connectivity index (χ2v) is 5.83. The van der Waals surface area contributed by atoms with Crippen LogP contribution in [-0.2, 0) is 0 Å². The van der Waals surface area contributed by atoms with Crippen LogP contribution in [0.3, 0.4) is 0 Å². The van der Waals surface area contributed by atoms with Crippen LogP contribution in [0.5, 0.6) is 0 Å². The quantitative estimate of drug-likeness (QED) is 0.839. The molecule has 0 saturated carbocycles. The van der Waals surface area contributed by atoms with Gasteiger partial charge in [-0.1, -0.05) is 0 Å². The van der Waals surface area contributed by atoms with Gasteiger partial charge >= 0.3 is 0 Å². The van der Waals surface area contributed by atoms with Gasteiger partial charge in [0.25, 0.3) is 0 Å². The molecule has 2 aromatic heterocycles. The molecule has 0 radical (unpaired) electrons. The smallest absolute Gasteiger partial charge is 0.225 e. The monoisotopic (exact) mass is 300 g/mol. The molecular weight excluding hydrogens is 283 g/mol. The molecule has 0 unspecified atom stereocenters. The van der Waals surface area contributed by atoms with Crippen LogP contribution in [0.2, 0.25) is 0 Å². The van der Waals surface area contributed by atoms with E-state index < -0.39 is 5.82 Å². The Morgan fingerprint density at radius 1 is 1.00 bits per heavy atom. The number of aromatic nitrogens is 4. The summed E-state index contributed by atoms with van der Waals surface area (Å²) in [5, 5.41) is 8.46. The van der Waals surface area contributed by atoms with Gasteiger partial charge in [0.15, 0.2) is 11.6 Å². The van der Waals surface area contributed by atoms with Crippen LogP contribution < -0.4 is 9.80 Å². The summed E-state index contributed by atoms with van der Waals surface area (Å²) in [6.45, 7) is 3.77. The molecule has 2 aliphatic heterocycles. The maximum absolute atomic E-state index is 13.0. The molecule has 22 heavy (non-hydrogen) atoms. The first-order valence-corrected chi connectivity index (χ1v) is 7.53. The van der Waals surface area contributed by atoms with E-state index in [4.69, 9.17) is 0 Å². The van der Waals surface area contributed by atoms with E-state index >= 15 is 0 Å². The zero-order chi connectivity index (χ0) is 15.1. The Morgan fingerprint density at radius 2 is 1.68 bits per heavy atom. The minimum Gasteiger partial charge on any atom is -0.350 e. The van der Waals surface area contributed by atoms with Gasteiger partial charge in [0.1, 0.15) is 0 Å². The number of hydrogen-bond donors (Lipinski definition) is 0. The minimum absolute atomic E-state index is 0.355. The average molecular weight is 300 g/mol. The minimum atomic E-state index is -0.400. The van der Waals surface area contributed by atoms with Gasteiger partial charge in [-0.25, -0.2) is 14.4 Å². The van der Waals surface area contributed by atoms with E-state index in [9.17, 15) is 4.39 Å². The zero-order valence-electron chi connectivity index (χ0n) is 12.4. The lowest BCUT2D eigenvalue weighted by Gasteiger charge is -2.25. The van der Waals surface area contributed by atoms with Gasteiger partial charge in [0.05, 0.1) is 30.2 Å². The predicted octanol–water partition coefficient (Wildman–Crippen LogP) is 1.57. The summed E-state index contributed by atoms with van der Waals surface area (Å²) < 4.78 is 13.0. The fourth-order valence-electron chi connectivity index (χ4n) is 3.52. The molecule has 4 heterocycles. The normalized spacial score (nSPS) is 23.9. The number of rotatable bonds is 2. The molecule has 0 N–H and O–H groups in total. The van der Waals surface area contributed by atoms with Gasteiger partial charge in [-0.05, 0) is 31.9 Å². The highest BCUT2D eigenvalue weighted by atomic mass is 19.1. The molecule has 6 nitrogen and oxygen atoms in total. The fraction of sp³-hybridized carbons (Fsp3) is 0.467. The molecule has 4 rings (SSSR count). The molecule has 7 heteroatoms. The number of hydrogen-bond acceptors (Lipinski definition) is 6. The Kier molecular flexibility index (Phi) is 3.13. The highest BCUT2D eigenvalue weighted by Crippen LogP contribution is 2.35. The van der Waals surface area contributed by atoms with Crippen molar-refractivity contribution in [3.63, 3.8) is 0 Å². The van der Waals surface area contributed by atoms with Gasteiger partial charge in [-0.2, -0.15) is 5.10 Å². The number of aryl methyl sites for hydroxylation is 1. The summed E-state index contributed by atoms with van der Waals surface area (Å²) in [7, 11) is 0. The van der Waals surface area contributed by atoms with E-state index in [1.807, 2.05) is 19.1 Å². The lowest BCUT2D eigenvalue weighted by molar-refractivity contribution is 0.604. The van der Waals surface area contributed by atoms with Crippen LogP contribution in [0.4, 0.5) is 16.2 Å². The third kappa shape index (κ3) is 2.17. The van der Waals surface area contributed by atoms with Crippen molar-refractivity contribution in [2.75, 3.05) is 22.9 Å². The first kappa shape index (κ1) is 13.4. The second kappa shape index (κ2) is 5.15. The molecule has 2 aliphatic rings. The lowest BCUT2D eigenvalue weighted by atomic mass is 10.1. The molecule has 0 amide bonds. The van der Waals surface area contributed by atoms with Gasteiger partial charge in [0, 0.05) is 13.1 Å². The summed E-state index contributed by atoms with van der Waals surface area (Å²) in [5.41, 5.74) is 0.923. The zero-order valence-corrected chi connectivity index (χ0v) is 12.4. The molecule has 0 bridgehead atoms. The van der Waals surface area contributed by atoms with Crippen LogP contribution in [0.15, 0.2) is 24.5 Å². The van der Waals surface area contributed by atoms with Crippen molar-refractivity contribution in [3.8, 4) is 0 Å². The van der Waals surface area contributed by atoms with E-state index in [1.54, 1.807) is 0 Å². The van der Waals surface area contributed by atoms with Crippen molar-refractivity contribution < 1.29 is 4.39 Å². The van der Waals surface area contributed by atoms with E-state index in [0.29, 0.717) is 18.0 Å². The molecule has 2 aromatic rings. The van der Waals surface area contributed by atoms with Crippen molar-refractivity contribution in [1.82, 2.24) is 20.2 Å². The van der Waals surface area contributed by atoms with Crippen molar-refractivity contribution in [1.29, 1.82) is 0 Å². The summed E-state index contributed by atoms with van der Waals surface area (Å²) in [6.07, 6.45) is 4.52. The van der Waals surface area contributed by atoms with Crippen LogP contribution in [-0.4, -0.2) is 45.3 Å². The summed E-state index contributed by atoms with van der Waals surface area (Å²) in [4.78, 5) is 12.8. The highest BCUT2D eigenvalue weighted by molar-refractivity contribution is 5.46. The number of nitrogens with zero attached hydrogens (tertiary/aromatic N) is 6. The Balaban J connectivity index is 1.56. The Bertz CT molecular complexity index is 599. The van der Waals surface area contributed by atoms with Crippen LogP contribution >= 0.6 is 0 Å². The van der Waals surface area contributed by atoms with Crippen LogP contribution in [0.1, 0.15) is 18.5 Å². The first-order chi connectivity index (χ1) is 10.7. The Labute approximate surface area is 128 Å². The van der Waals surface area contributed by atoms with Gasteiger partial charge in [-0.15, -0.1) is 5.10 Å². The van der Waals surface area contributed by atoms with E-state index in [1.165, 1.54) is 12.4 Å². The molecule has 2 fully saturated rings. The Hall–Kier alpha value is -2.31. The van der Waals surface area contributed by atoms with Gasteiger partial charge < -0.3 is 9.80 Å². The first-order valence-electron chi connectivity index (χ1n) is 7.53. The SMILES string of the molecule is Cc1ccc(N2CC[C@@H]3[C@@H]2CCN3c2ncc(F)cn2)nn1. The number of halogens is 1. The molecule has 0 spiro atoms. The maximum Gasteiger partial charge on any atom is 0.225 e. The van der Waals surface area contributed by atoms with Crippen molar-refractivity contribution in [2.45, 2.75) is 31.8 Å². The predicted molar refractivity (Wildman–Crippen MR) is 80.3 cm³/mol. The van der Waals surface area contributed by atoms with Crippen molar-refractivity contribution >= 4 is 11.8 Å². The third-order valence-electron chi connectivity index (χ3n) is 4.52. The average Bonchev–Trinajstić information content (AvgIpc) is 3.11. The molecular formula is C15H17FN6. The van der Waals surface area contributed by atoms with Crippen molar-refractivity contribution in [3.05, 3.63) is 36.0 Å². The highest BCUT2D eigenvalue weighted by Gasteiger charge is 2.44. The largest absolute Gasteiger partial charge is 0.350 e. The standard InChI is InChI=1S/C15H17FN6/c1-10-2-3-14(20-19-10)21-6-4-13-12(21)5-7-22(13)15-17-8-11(16)9-18-15/h2-3,8-9,12-13H,4-7H2,1H3/t12-,13+/m0/s1. The van der Waals surface area contributed by atoms with Gasteiger partial charge in [-0.3, -0.25) is 0 Å². The molecule has 0 aromatic carbocycles. The molecule has 2 saturated heterocycles. The van der Waals surface area contributed by atoms with Crippen molar-refractivity contribution in [2.24, 2.45) is 0 Å². The summed E-state index contributed by atoms with van der Waals surface area (Å²) in [6, 6.07) is 4.77. The topological polar surface area (TPSA) is 58.0 Å². The fourth-order valence-corrected chi connectivity index (χ4v) is 3.52. The summed E-state index contributed by atoms with van der Waals surface area (Å²) in [5.74, 6) is 1.15. The Morgan fingerprint density at radius 3 is 2.36 bits per heavy atom. The summed E-state index contributed by atoms with van der Waals surface area (Å²) >= 11 is 0. The number of anilines is 2. The van der Waals surface area contributed by atoms with Gasteiger partial charge in [0.2, 0.25) is 5.95 Å². The van der Waals surface area contributed by atoms with Crippen LogP contribution in [0, 0.1) is 12.7 Å². The lowest BCUT2D eigenvalue weighted by Crippen LogP contribution is -2.37. The van der Waals surface area contributed by atoms with E-state index in [-0.39, 0.29) is 0 Å². The third-order valence-corrected chi connectivity index (χ3v) is 4.52. The second-order valence-electron chi connectivity index (χ2n) is 5.83. The van der Waals surface area contributed by atoms with Crippen LogP contribution in [0.25, 0.3) is 0 Å². The number of fused-ring (bicyclic) bond motifs is 1.